The summed E-state index contributed by atoms with van der Waals surface area (Å²) >= 11 is 0. The van der Waals surface area contributed by atoms with Gasteiger partial charge in [-0.15, -0.1) is 0 Å². The maximum atomic E-state index is 12.3. The summed E-state index contributed by atoms with van der Waals surface area (Å²) in [6.07, 6.45) is 1.41. The molecule has 1 aliphatic rings. The van der Waals surface area contributed by atoms with Gasteiger partial charge in [0.2, 0.25) is 5.91 Å². The topological polar surface area (TPSA) is 81.0 Å². The number of hydrogen-bond donors (Lipinski definition) is 0. The average molecular weight is 377 g/mol. The maximum Gasteiger partial charge on any atom is 0.338 e. The molecule has 0 bridgehead atoms. The van der Waals surface area contributed by atoms with Crippen LogP contribution in [-0.4, -0.2) is 27.8 Å². The molecule has 2 aromatic heterocycles. The molecular formula is C21H19N3O4. The first-order chi connectivity index (χ1) is 13.5. The van der Waals surface area contributed by atoms with Gasteiger partial charge in [-0.1, -0.05) is 6.07 Å². The molecule has 7 heteroatoms. The van der Waals surface area contributed by atoms with Gasteiger partial charge in [-0.05, 0) is 49.7 Å². The van der Waals surface area contributed by atoms with Gasteiger partial charge in [0.25, 0.3) is 5.56 Å². The molecule has 4 rings (SSSR count). The van der Waals surface area contributed by atoms with Gasteiger partial charge in [-0.2, -0.15) is 0 Å². The Morgan fingerprint density at radius 1 is 1.14 bits per heavy atom. The van der Waals surface area contributed by atoms with E-state index in [9.17, 15) is 14.4 Å². The minimum absolute atomic E-state index is 0.0924. The van der Waals surface area contributed by atoms with E-state index in [-0.39, 0.29) is 18.1 Å². The summed E-state index contributed by atoms with van der Waals surface area (Å²) in [5, 5.41) is 0. The Bertz CT molecular complexity index is 1120. The van der Waals surface area contributed by atoms with E-state index in [1.807, 2.05) is 19.1 Å². The number of carbonyl (C=O) groups is 2. The molecule has 7 nitrogen and oxygen atoms in total. The lowest BCUT2D eigenvalue weighted by Crippen LogP contribution is -2.23. The Kier molecular flexibility index (Phi) is 4.65. The number of amides is 1. The molecular weight excluding hydrogens is 358 g/mol. The zero-order valence-corrected chi connectivity index (χ0v) is 15.4. The summed E-state index contributed by atoms with van der Waals surface area (Å²) in [7, 11) is 0. The highest BCUT2D eigenvalue weighted by molar-refractivity contribution is 5.96. The van der Waals surface area contributed by atoms with E-state index in [2.05, 4.69) is 4.98 Å². The molecule has 28 heavy (non-hydrogen) atoms. The quantitative estimate of drug-likeness (QED) is 0.653. The molecule has 0 atom stereocenters. The molecule has 3 aromatic rings. The minimum Gasteiger partial charge on any atom is -0.456 e. The predicted molar refractivity (Wildman–Crippen MR) is 103 cm³/mol. The number of aryl methyl sites for hydroxylation is 1. The normalized spacial score (nSPS) is 13.9. The van der Waals surface area contributed by atoms with Crippen LogP contribution in [0.15, 0.2) is 53.3 Å². The van der Waals surface area contributed by atoms with Crippen LogP contribution in [0.3, 0.4) is 0 Å². The molecule has 0 aliphatic carbocycles. The van der Waals surface area contributed by atoms with Gasteiger partial charge < -0.3 is 9.64 Å². The van der Waals surface area contributed by atoms with Crippen molar-refractivity contribution in [1.29, 1.82) is 0 Å². The lowest BCUT2D eigenvalue weighted by molar-refractivity contribution is -0.117. The van der Waals surface area contributed by atoms with Crippen molar-refractivity contribution >= 4 is 23.2 Å². The highest BCUT2D eigenvalue weighted by Gasteiger charge is 2.21. The fourth-order valence-electron chi connectivity index (χ4n) is 3.36. The first kappa shape index (κ1) is 17.9. The Morgan fingerprint density at radius 3 is 2.64 bits per heavy atom. The lowest BCUT2D eigenvalue weighted by atomic mass is 10.2. The van der Waals surface area contributed by atoms with E-state index in [1.165, 1.54) is 10.5 Å². The standard InChI is InChI=1S/C21H19N3O4/c1-14-4-2-5-18-22-16(12-20(26)24(14)18)13-28-21(27)15-7-9-17(10-8-15)23-11-3-6-19(23)25/h2,4-5,7-10,12H,3,6,11,13H2,1H3. The smallest absolute Gasteiger partial charge is 0.338 e. The van der Waals surface area contributed by atoms with Gasteiger partial charge in [0.05, 0.1) is 11.3 Å². The first-order valence-corrected chi connectivity index (χ1v) is 9.09. The lowest BCUT2D eigenvalue weighted by Gasteiger charge is -2.15. The van der Waals surface area contributed by atoms with Crippen LogP contribution in [0.1, 0.15) is 34.6 Å². The number of ether oxygens (including phenoxy) is 1. The molecule has 142 valence electrons. The number of esters is 1. The van der Waals surface area contributed by atoms with E-state index in [0.717, 1.165) is 17.8 Å². The third-order valence-corrected chi connectivity index (χ3v) is 4.77. The van der Waals surface area contributed by atoms with Crippen molar-refractivity contribution in [3.63, 3.8) is 0 Å². The summed E-state index contributed by atoms with van der Waals surface area (Å²) in [5.74, 6) is -0.412. The van der Waals surface area contributed by atoms with E-state index >= 15 is 0 Å². The molecule has 1 amide bonds. The van der Waals surface area contributed by atoms with Crippen LogP contribution in [0.25, 0.3) is 5.65 Å². The van der Waals surface area contributed by atoms with Crippen molar-refractivity contribution in [3.8, 4) is 0 Å². The third kappa shape index (κ3) is 3.38. The summed E-state index contributed by atoms with van der Waals surface area (Å²) in [4.78, 5) is 42.5. The summed E-state index contributed by atoms with van der Waals surface area (Å²) in [5.41, 5.74) is 2.63. The third-order valence-electron chi connectivity index (χ3n) is 4.77. The van der Waals surface area contributed by atoms with Gasteiger partial charge in [-0.3, -0.25) is 14.0 Å². The highest BCUT2D eigenvalue weighted by Crippen LogP contribution is 2.21. The SMILES string of the molecule is Cc1cccc2nc(COC(=O)c3ccc(N4CCCC4=O)cc3)cc(=O)n12. The Balaban J connectivity index is 1.46. The molecule has 0 spiro atoms. The number of hydrogen-bond acceptors (Lipinski definition) is 5. The number of pyridine rings is 1. The fraction of sp³-hybridized carbons (Fsp3) is 0.238. The van der Waals surface area contributed by atoms with Crippen molar-refractivity contribution in [1.82, 2.24) is 9.38 Å². The van der Waals surface area contributed by atoms with E-state index in [4.69, 9.17) is 4.74 Å². The summed E-state index contributed by atoms with van der Waals surface area (Å²) in [6, 6.07) is 13.5. The second-order valence-electron chi connectivity index (χ2n) is 6.72. The van der Waals surface area contributed by atoms with Crippen LogP contribution in [0.2, 0.25) is 0 Å². The van der Waals surface area contributed by atoms with Crippen LogP contribution < -0.4 is 10.5 Å². The zero-order chi connectivity index (χ0) is 19.7. The maximum absolute atomic E-state index is 12.3. The predicted octanol–water partition coefficient (Wildman–Crippen LogP) is 2.49. The van der Waals surface area contributed by atoms with Crippen molar-refractivity contribution in [2.24, 2.45) is 0 Å². The Hall–Kier alpha value is -3.48. The van der Waals surface area contributed by atoms with Crippen molar-refractivity contribution in [2.75, 3.05) is 11.4 Å². The minimum atomic E-state index is -0.509. The molecule has 1 saturated heterocycles. The number of fused-ring (bicyclic) bond motifs is 1. The van der Waals surface area contributed by atoms with Crippen LogP contribution >= 0.6 is 0 Å². The number of carbonyl (C=O) groups excluding carboxylic acids is 2. The number of rotatable bonds is 4. The van der Waals surface area contributed by atoms with Crippen molar-refractivity contribution in [3.05, 3.63) is 75.8 Å². The molecule has 3 heterocycles. The van der Waals surface area contributed by atoms with Gasteiger partial charge >= 0.3 is 5.97 Å². The van der Waals surface area contributed by atoms with Gasteiger partial charge in [0.15, 0.2) is 0 Å². The Labute approximate surface area is 161 Å². The van der Waals surface area contributed by atoms with Crippen molar-refractivity contribution in [2.45, 2.75) is 26.4 Å². The zero-order valence-electron chi connectivity index (χ0n) is 15.4. The molecule has 0 radical (unpaired) electrons. The van der Waals surface area contributed by atoms with Crippen LogP contribution in [0.5, 0.6) is 0 Å². The molecule has 0 saturated carbocycles. The van der Waals surface area contributed by atoms with Gasteiger partial charge in [-0.25, -0.2) is 9.78 Å². The van der Waals surface area contributed by atoms with E-state index in [0.29, 0.717) is 29.9 Å². The average Bonchev–Trinajstić information content (AvgIpc) is 3.12. The first-order valence-electron chi connectivity index (χ1n) is 9.09. The van der Waals surface area contributed by atoms with Crippen LogP contribution in [0, 0.1) is 6.92 Å². The number of aromatic nitrogens is 2. The second kappa shape index (κ2) is 7.26. The summed E-state index contributed by atoms with van der Waals surface area (Å²) < 4.78 is 6.81. The van der Waals surface area contributed by atoms with Crippen LogP contribution in [-0.2, 0) is 16.1 Å². The molecule has 1 aliphatic heterocycles. The molecule has 1 fully saturated rings. The molecule has 1 aromatic carbocycles. The Morgan fingerprint density at radius 2 is 1.93 bits per heavy atom. The number of benzene rings is 1. The number of anilines is 1. The van der Waals surface area contributed by atoms with Gasteiger partial charge in [0, 0.05) is 30.4 Å². The van der Waals surface area contributed by atoms with Gasteiger partial charge in [0.1, 0.15) is 12.3 Å². The monoisotopic (exact) mass is 377 g/mol. The van der Waals surface area contributed by atoms with E-state index < -0.39 is 5.97 Å². The summed E-state index contributed by atoms with van der Waals surface area (Å²) in [6.45, 7) is 2.44. The molecule has 0 N–H and O–H groups in total. The van der Waals surface area contributed by atoms with E-state index in [1.54, 1.807) is 35.2 Å². The fourth-order valence-corrected chi connectivity index (χ4v) is 3.36. The number of nitrogens with zero attached hydrogens (tertiary/aromatic N) is 3. The van der Waals surface area contributed by atoms with Crippen LogP contribution in [0.4, 0.5) is 5.69 Å². The highest BCUT2D eigenvalue weighted by atomic mass is 16.5. The largest absolute Gasteiger partial charge is 0.456 e. The second-order valence-corrected chi connectivity index (χ2v) is 6.72. The molecule has 0 unspecified atom stereocenters. The van der Waals surface area contributed by atoms with Crippen molar-refractivity contribution < 1.29 is 14.3 Å².